The van der Waals surface area contributed by atoms with Crippen molar-refractivity contribution < 1.29 is 0 Å². The molecule has 0 fully saturated rings. The van der Waals surface area contributed by atoms with E-state index in [2.05, 4.69) is 11.1 Å². The molecule has 3 heteroatoms. The summed E-state index contributed by atoms with van der Waals surface area (Å²) in [5.41, 5.74) is 8.33. The van der Waals surface area contributed by atoms with Crippen LogP contribution in [0.15, 0.2) is 29.6 Å². The lowest BCUT2D eigenvalue weighted by molar-refractivity contribution is 1.22. The maximum Gasteiger partial charge on any atom is 0.0806 e. The highest BCUT2D eigenvalue weighted by molar-refractivity contribution is 7.13. The zero-order chi connectivity index (χ0) is 9.26. The van der Waals surface area contributed by atoms with Gasteiger partial charge in [0.05, 0.1) is 22.0 Å². The maximum atomic E-state index is 5.68. The molecule has 0 saturated carbocycles. The Kier molecular flexibility index (Phi) is 2.02. The van der Waals surface area contributed by atoms with Crippen LogP contribution in [0.1, 0.15) is 5.69 Å². The molecule has 2 aromatic rings. The molecule has 0 radical (unpaired) electrons. The Hall–Kier alpha value is -1.35. The van der Waals surface area contributed by atoms with Crippen molar-refractivity contribution in [1.29, 1.82) is 0 Å². The number of anilines is 1. The average molecular weight is 190 g/mol. The van der Waals surface area contributed by atoms with Crippen LogP contribution < -0.4 is 5.73 Å². The highest BCUT2D eigenvalue weighted by Gasteiger charge is 2.01. The smallest absolute Gasteiger partial charge is 0.0806 e. The molecule has 0 spiro atoms. The zero-order valence-corrected chi connectivity index (χ0v) is 8.14. The van der Waals surface area contributed by atoms with Crippen LogP contribution in [0.2, 0.25) is 0 Å². The summed E-state index contributed by atoms with van der Waals surface area (Å²) in [6.07, 6.45) is 0. The molecule has 0 unspecified atom stereocenters. The first-order valence-electron chi connectivity index (χ1n) is 4.04. The van der Waals surface area contributed by atoms with Gasteiger partial charge in [0.25, 0.3) is 0 Å². The second kappa shape index (κ2) is 3.18. The molecule has 0 aliphatic rings. The van der Waals surface area contributed by atoms with Gasteiger partial charge < -0.3 is 5.73 Å². The molecule has 0 aliphatic carbocycles. The summed E-state index contributed by atoms with van der Waals surface area (Å²) in [6.45, 7) is 1.92. The molecule has 0 amide bonds. The Morgan fingerprint density at radius 3 is 2.77 bits per heavy atom. The molecule has 2 rings (SSSR count). The number of nitrogens with zero attached hydrogens (tertiary/aromatic N) is 1. The summed E-state index contributed by atoms with van der Waals surface area (Å²) in [7, 11) is 0. The molecule has 2 N–H and O–H groups in total. The minimum absolute atomic E-state index is 0.750. The largest absolute Gasteiger partial charge is 0.397 e. The van der Waals surface area contributed by atoms with E-state index in [1.807, 2.05) is 30.5 Å². The lowest BCUT2D eigenvalue weighted by Gasteiger charge is -2.01. The molecule has 66 valence electrons. The number of hydrogen-bond donors (Lipinski definition) is 1. The Bertz CT molecular complexity index is 407. The Balaban J connectivity index is 2.49. The topological polar surface area (TPSA) is 38.9 Å². The number of thiophene rings is 1. The third-order valence-electron chi connectivity index (χ3n) is 1.90. The van der Waals surface area contributed by atoms with Crippen molar-refractivity contribution >= 4 is 17.0 Å². The third-order valence-corrected chi connectivity index (χ3v) is 2.79. The molecule has 0 bridgehead atoms. The summed E-state index contributed by atoms with van der Waals surface area (Å²) in [5, 5.41) is 2.04. The first-order valence-corrected chi connectivity index (χ1v) is 4.92. The van der Waals surface area contributed by atoms with Gasteiger partial charge in [-0.2, -0.15) is 0 Å². The van der Waals surface area contributed by atoms with Crippen LogP contribution in [0.5, 0.6) is 0 Å². The molecular weight excluding hydrogens is 180 g/mol. The molecule has 2 aromatic heterocycles. The second-order valence-electron chi connectivity index (χ2n) is 2.85. The van der Waals surface area contributed by atoms with Gasteiger partial charge in [-0.25, -0.2) is 0 Å². The summed E-state index contributed by atoms with van der Waals surface area (Å²) in [4.78, 5) is 5.58. The van der Waals surface area contributed by atoms with E-state index in [-0.39, 0.29) is 0 Å². The van der Waals surface area contributed by atoms with E-state index in [0.717, 1.165) is 17.1 Å². The number of nitrogen functional groups attached to an aromatic ring is 1. The number of pyridine rings is 1. The van der Waals surface area contributed by atoms with Gasteiger partial charge in [0.2, 0.25) is 0 Å². The number of nitrogens with two attached hydrogens (primary N) is 1. The lowest BCUT2D eigenvalue weighted by atomic mass is 10.2. The minimum atomic E-state index is 0.750. The van der Waals surface area contributed by atoms with Crippen LogP contribution in [-0.2, 0) is 0 Å². The molecule has 0 aromatic carbocycles. The van der Waals surface area contributed by atoms with Crippen LogP contribution >= 0.6 is 11.3 Å². The molecule has 2 nitrogen and oxygen atoms in total. The van der Waals surface area contributed by atoms with E-state index in [1.165, 1.54) is 4.88 Å². The van der Waals surface area contributed by atoms with Crippen molar-refractivity contribution in [2.45, 2.75) is 6.92 Å². The van der Waals surface area contributed by atoms with Crippen molar-refractivity contribution in [2.24, 2.45) is 0 Å². The van der Waals surface area contributed by atoms with Gasteiger partial charge in [-0.3, -0.25) is 4.98 Å². The summed E-state index contributed by atoms with van der Waals surface area (Å²) in [5.74, 6) is 0. The fourth-order valence-electron chi connectivity index (χ4n) is 1.13. The van der Waals surface area contributed by atoms with Gasteiger partial charge in [-0.15, -0.1) is 11.3 Å². The van der Waals surface area contributed by atoms with Crippen molar-refractivity contribution in [3.05, 3.63) is 35.3 Å². The van der Waals surface area contributed by atoms with E-state index < -0.39 is 0 Å². The zero-order valence-electron chi connectivity index (χ0n) is 7.32. The maximum absolute atomic E-state index is 5.68. The minimum Gasteiger partial charge on any atom is -0.397 e. The summed E-state index contributed by atoms with van der Waals surface area (Å²) in [6, 6.07) is 7.93. The van der Waals surface area contributed by atoms with Crippen molar-refractivity contribution in [3.8, 4) is 10.6 Å². The Morgan fingerprint density at radius 1 is 1.31 bits per heavy atom. The molecule has 13 heavy (non-hydrogen) atoms. The van der Waals surface area contributed by atoms with Crippen LogP contribution in [-0.4, -0.2) is 4.98 Å². The van der Waals surface area contributed by atoms with Crippen LogP contribution in [0.25, 0.3) is 10.6 Å². The highest BCUT2D eigenvalue weighted by Crippen LogP contribution is 2.23. The first kappa shape index (κ1) is 8.26. The summed E-state index contributed by atoms with van der Waals surface area (Å²) < 4.78 is 0. The Labute approximate surface area is 81.1 Å². The van der Waals surface area contributed by atoms with Crippen molar-refractivity contribution in [1.82, 2.24) is 4.98 Å². The standard InChI is InChI=1S/C10H10N2S/c1-7-8(11)4-5-9(12-7)10-3-2-6-13-10/h2-6H,11H2,1H3. The molecule has 0 atom stereocenters. The molecule has 2 heterocycles. The van der Waals surface area contributed by atoms with Gasteiger partial charge in [0.1, 0.15) is 0 Å². The predicted molar refractivity (Wildman–Crippen MR) is 56.7 cm³/mol. The van der Waals surface area contributed by atoms with Gasteiger partial charge in [-0.1, -0.05) is 6.07 Å². The monoisotopic (exact) mass is 190 g/mol. The van der Waals surface area contributed by atoms with Gasteiger partial charge in [0, 0.05) is 0 Å². The van der Waals surface area contributed by atoms with Gasteiger partial charge in [0.15, 0.2) is 0 Å². The van der Waals surface area contributed by atoms with Crippen LogP contribution in [0, 0.1) is 6.92 Å². The van der Waals surface area contributed by atoms with Crippen LogP contribution in [0.3, 0.4) is 0 Å². The Morgan fingerprint density at radius 2 is 2.15 bits per heavy atom. The van der Waals surface area contributed by atoms with E-state index in [1.54, 1.807) is 11.3 Å². The van der Waals surface area contributed by atoms with Crippen molar-refractivity contribution in [2.75, 3.05) is 5.73 Å². The highest BCUT2D eigenvalue weighted by atomic mass is 32.1. The fraction of sp³-hybridized carbons (Fsp3) is 0.100. The average Bonchev–Trinajstić information content (AvgIpc) is 2.62. The van der Waals surface area contributed by atoms with Gasteiger partial charge >= 0.3 is 0 Å². The molecular formula is C10H10N2S. The van der Waals surface area contributed by atoms with Crippen molar-refractivity contribution in [3.63, 3.8) is 0 Å². The predicted octanol–water partition coefficient (Wildman–Crippen LogP) is 2.70. The number of hydrogen-bond acceptors (Lipinski definition) is 3. The number of rotatable bonds is 1. The fourth-order valence-corrected chi connectivity index (χ4v) is 1.83. The lowest BCUT2D eigenvalue weighted by Crippen LogP contribution is -1.93. The molecule has 0 aliphatic heterocycles. The number of aromatic nitrogens is 1. The SMILES string of the molecule is Cc1nc(-c2cccs2)ccc1N. The van der Waals surface area contributed by atoms with Gasteiger partial charge in [-0.05, 0) is 30.5 Å². The second-order valence-corrected chi connectivity index (χ2v) is 3.80. The quantitative estimate of drug-likeness (QED) is 0.751. The normalized spacial score (nSPS) is 10.2. The number of aryl methyl sites for hydroxylation is 1. The van der Waals surface area contributed by atoms with E-state index >= 15 is 0 Å². The van der Waals surface area contributed by atoms with E-state index in [0.29, 0.717) is 0 Å². The molecule has 0 saturated heterocycles. The summed E-state index contributed by atoms with van der Waals surface area (Å²) >= 11 is 1.69. The first-order chi connectivity index (χ1) is 6.27. The third kappa shape index (κ3) is 1.55. The van der Waals surface area contributed by atoms with Crippen LogP contribution in [0.4, 0.5) is 5.69 Å². The van der Waals surface area contributed by atoms with E-state index in [9.17, 15) is 0 Å². The van der Waals surface area contributed by atoms with E-state index in [4.69, 9.17) is 5.73 Å².